The van der Waals surface area contributed by atoms with Crippen LogP contribution in [0.1, 0.15) is 27.7 Å². The molecule has 1 fully saturated rings. The van der Waals surface area contributed by atoms with Gasteiger partial charge >= 0.3 is 7.12 Å². The fourth-order valence-corrected chi connectivity index (χ4v) is 2.31. The first-order valence-electron chi connectivity index (χ1n) is 5.26. The van der Waals surface area contributed by atoms with E-state index in [1.165, 1.54) is 6.33 Å². The van der Waals surface area contributed by atoms with E-state index < -0.39 is 18.3 Å². The zero-order valence-corrected chi connectivity index (χ0v) is 12.5. The van der Waals surface area contributed by atoms with E-state index in [2.05, 4.69) is 25.9 Å². The SMILES string of the molecule is CC1(C)OB(c2c(Cl)ncnc2Br)OC1(C)C. The van der Waals surface area contributed by atoms with Crippen molar-refractivity contribution < 1.29 is 9.31 Å². The number of rotatable bonds is 1. The molecule has 7 heteroatoms. The largest absolute Gasteiger partial charge is 0.500 e. The van der Waals surface area contributed by atoms with Crippen LogP contribution in [0.3, 0.4) is 0 Å². The summed E-state index contributed by atoms with van der Waals surface area (Å²) in [6.07, 6.45) is 1.39. The molecule has 0 N–H and O–H groups in total. The third-order valence-electron chi connectivity index (χ3n) is 3.28. The van der Waals surface area contributed by atoms with E-state index in [1.807, 2.05) is 27.7 Å². The molecule has 2 heterocycles. The first kappa shape index (κ1) is 13.3. The maximum Gasteiger partial charge on any atom is 0.500 e. The lowest BCUT2D eigenvalue weighted by Gasteiger charge is -2.32. The Labute approximate surface area is 114 Å². The minimum absolute atomic E-state index is 0.338. The number of hydrogen-bond donors (Lipinski definition) is 0. The Balaban J connectivity index is 2.39. The van der Waals surface area contributed by atoms with Crippen molar-refractivity contribution >= 4 is 40.1 Å². The van der Waals surface area contributed by atoms with Crippen LogP contribution in [0.15, 0.2) is 10.9 Å². The second-order valence-corrected chi connectivity index (χ2v) is 6.07. The Morgan fingerprint density at radius 3 is 2.18 bits per heavy atom. The van der Waals surface area contributed by atoms with E-state index in [-0.39, 0.29) is 0 Å². The highest BCUT2D eigenvalue weighted by Crippen LogP contribution is 2.37. The van der Waals surface area contributed by atoms with Crippen LogP contribution in [0.5, 0.6) is 0 Å². The summed E-state index contributed by atoms with van der Waals surface area (Å²) in [7, 11) is -0.553. The molecule has 1 aromatic heterocycles. The third kappa shape index (κ3) is 2.23. The van der Waals surface area contributed by atoms with Crippen molar-refractivity contribution in [1.29, 1.82) is 0 Å². The highest BCUT2D eigenvalue weighted by molar-refractivity contribution is 9.10. The predicted octanol–water partition coefficient (Wildman–Crippen LogP) is 2.19. The van der Waals surface area contributed by atoms with Gasteiger partial charge in [0.2, 0.25) is 0 Å². The van der Waals surface area contributed by atoms with Crippen LogP contribution in [0.2, 0.25) is 5.15 Å². The lowest BCUT2D eigenvalue weighted by molar-refractivity contribution is 0.00578. The van der Waals surface area contributed by atoms with Crippen molar-refractivity contribution in [2.24, 2.45) is 0 Å². The van der Waals surface area contributed by atoms with Crippen molar-refractivity contribution in [1.82, 2.24) is 9.97 Å². The highest BCUT2D eigenvalue weighted by Gasteiger charge is 2.53. The molecular formula is C10H13BBrClN2O2. The normalized spacial score (nSPS) is 21.9. The Morgan fingerprint density at radius 1 is 1.18 bits per heavy atom. The van der Waals surface area contributed by atoms with Crippen LogP contribution in [-0.2, 0) is 9.31 Å². The van der Waals surface area contributed by atoms with Gasteiger partial charge in [-0.3, -0.25) is 0 Å². The topological polar surface area (TPSA) is 44.2 Å². The molecule has 0 amide bonds. The zero-order chi connectivity index (χ0) is 12.8. The fraction of sp³-hybridized carbons (Fsp3) is 0.600. The van der Waals surface area contributed by atoms with Crippen molar-refractivity contribution in [2.45, 2.75) is 38.9 Å². The van der Waals surface area contributed by atoms with Gasteiger partial charge in [-0.15, -0.1) is 0 Å². The van der Waals surface area contributed by atoms with E-state index in [0.717, 1.165) is 0 Å². The molecule has 1 aliphatic heterocycles. The maximum absolute atomic E-state index is 6.05. The molecule has 0 bridgehead atoms. The molecule has 0 unspecified atom stereocenters. The summed E-state index contributed by atoms with van der Waals surface area (Å²) in [5.41, 5.74) is -0.181. The molecule has 2 rings (SSSR count). The number of nitrogens with zero attached hydrogens (tertiary/aromatic N) is 2. The molecule has 0 aliphatic carbocycles. The number of halogens is 2. The van der Waals surface area contributed by atoms with Crippen LogP contribution >= 0.6 is 27.5 Å². The Bertz CT molecular complexity index is 420. The molecule has 0 radical (unpaired) electrons. The Morgan fingerprint density at radius 2 is 1.71 bits per heavy atom. The average Bonchev–Trinajstić information content (AvgIpc) is 2.35. The van der Waals surface area contributed by atoms with E-state index in [1.54, 1.807) is 0 Å². The molecule has 1 aromatic rings. The van der Waals surface area contributed by atoms with Gasteiger partial charge in [0.25, 0.3) is 0 Å². The Kier molecular flexibility index (Phi) is 3.27. The van der Waals surface area contributed by atoms with Gasteiger partial charge in [0, 0.05) is 0 Å². The minimum atomic E-state index is -0.553. The monoisotopic (exact) mass is 318 g/mol. The van der Waals surface area contributed by atoms with Gasteiger partial charge in [-0.1, -0.05) is 11.6 Å². The molecular weight excluding hydrogens is 306 g/mol. The van der Waals surface area contributed by atoms with E-state index >= 15 is 0 Å². The van der Waals surface area contributed by atoms with Crippen LogP contribution < -0.4 is 5.46 Å². The highest BCUT2D eigenvalue weighted by atomic mass is 79.9. The van der Waals surface area contributed by atoms with Gasteiger partial charge in [-0.2, -0.15) is 0 Å². The summed E-state index contributed by atoms with van der Waals surface area (Å²) in [4.78, 5) is 7.99. The summed E-state index contributed by atoms with van der Waals surface area (Å²) < 4.78 is 12.4. The summed E-state index contributed by atoms with van der Waals surface area (Å²) >= 11 is 9.39. The summed E-state index contributed by atoms with van der Waals surface area (Å²) in [5.74, 6) is 0. The molecule has 4 nitrogen and oxygen atoms in total. The third-order valence-corrected chi connectivity index (χ3v) is 4.21. The maximum atomic E-state index is 6.05. The van der Waals surface area contributed by atoms with Crippen LogP contribution in [0.25, 0.3) is 0 Å². The molecule has 0 saturated carbocycles. The van der Waals surface area contributed by atoms with E-state index in [0.29, 0.717) is 15.2 Å². The summed E-state index contributed by atoms with van der Waals surface area (Å²) in [6.45, 7) is 7.94. The minimum Gasteiger partial charge on any atom is -0.399 e. The molecule has 1 aliphatic rings. The number of hydrogen-bond acceptors (Lipinski definition) is 4. The van der Waals surface area contributed by atoms with Crippen molar-refractivity contribution in [3.05, 3.63) is 16.1 Å². The molecule has 0 aromatic carbocycles. The lowest BCUT2D eigenvalue weighted by atomic mass is 9.81. The van der Waals surface area contributed by atoms with E-state index in [4.69, 9.17) is 20.9 Å². The molecule has 0 atom stereocenters. The second kappa shape index (κ2) is 4.19. The smallest absolute Gasteiger partial charge is 0.399 e. The van der Waals surface area contributed by atoms with Gasteiger partial charge in [-0.25, -0.2) is 9.97 Å². The quantitative estimate of drug-likeness (QED) is 0.588. The van der Waals surface area contributed by atoms with Crippen LogP contribution in [-0.4, -0.2) is 28.3 Å². The van der Waals surface area contributed by atoms with Crippen molar-refractivity contribution in [3.63, 3.8) is 0 Å². The summed E-state index contributed by atoms with van der Waals surface area (Å²) in [6, 6.07) is 0. The van der Waals surface area contributed by atoms with Crippen LogP contribution in [0.4, 0.5) is 0 Å². The first-order chi connectivity index (χ1) is 7.74. The van der Waals surface area contributed by atoms with Gasteiger partial charge in [-0.05, 0) is 43.6 Å². The van der Waals surface area contributed by atoms with Gasteiger partial charge in [0.05, 0.1) is 16.7 Å². The zero-order valence-electron chi connectivity index (χ0n) is 10.1. The van der Waals surface area contributed by atoms with Crippen molar-refractivity contribution in [3.8, 4) is 0 Å². The Hall–Kier alpha value is -0.165. The van der Waals surface area contributed by atoms with Gasteiger partial charge in [0.1, 0.15) is 16.1 Å². The molecule has 17 heavy (non-hydrogen) atoms. The summed E-state index contributed by atoms with van der Waals surface area (Å²) in [5, 5.41) is 0.338. The predicted molar refractivity (Wildman–Crippen MR) is 70.5 cm³/mol. The molecule has 1 saturated heterocycles. The second-order valence-electron chi connectivity index (χ2n) is 4.96. The van der Waals surface area contributed by atoms with Crippen molar-refractivity contribution in [2.75, 3.05) is 0 Å². The number of aromatic nitrogens is 2. The van der Waals surface area contributed by atoms with Crippen LogP contribution in [0, 0.1) is 0 Å². The standard InChI is InChI=1S/C10H13BBrClN2O2/c1-9(2)10(3,4)17-11(16-9)6-7(12)14-5-15-8(6)13/h5H,1-4H3. The fourth-order valence-electron chi connectivity index (χ4n) is 1.51. The molecule has 0 spiro atoms. The van der Waals surface area contributed by atoms with Gasteiger partial charge in [0.15, 0.2) is 0 Å². The first-order valence-corrected chi connectivity index (χ1v) is 6.43. The average molecular weight is 319 g/mol. The lowest BCUT2D eigenvalue weighted by Crippen LogP contribution is -2.41. The van der Waals surface area contributed by atoms with Gasteiger partial charge < -0.3 is 9.31 Å². The molecule has 92 valence electrons. The van der Waals surface area contributed by atoms with E-state index in [9.17, 15) is 0 Å².